The van der Waals surface area contributed by atoms with Crippen LogP contribution in [0.25, 0.3) is 0 Å². The van der Waals surface area contributed by atoms with E-state index < -0.39 is 19.9 Å². The molecule has 1 aliphatic carbocycles. The summed E-state index contributed by atoms with van der Waals surface area (Å²) in [4.78, 5) is 25.6. The average Bonchev–Trinajstić information content (AvgIpc) is 3.04. The molecule has 144 valence electrons. The number of ketones is 1. The summed E-state index contributed by atoms with van der Waals surface area (Å²) in [6.45, 7) is 6.97. The second-order valence-electron chi connectivity index (χ2n) is 8.22. The van der Waals surface area contributed by atoms with E-state index in [9.17, 15) is 14.7 Å². The van der Waals surface area contributed by atoms with Crippen LogP contribution >= 0.6 is 0 Å². The topological polar surface area (TPSA) is 72.8 Å². The van der Waals surface area contributed by atoms with Gasteiger partial charge in [0.2, 0.25) is 0 Å². The zero-order valence-corrected chi connectivity index (χ0v) is 17.2. The molecule has 0 heterocycles. The van der Waals surface area contributed by atoms with Crippen molar-refractivity contribution in [2.45, 2.75) is 38.5 Å². The van der Waals surface area contributed by atoms with E-state index in [1.54, 1.807) is 31.4 Å². The molecule has 26 heavy (non-hydrogen) atoms. The molecule has 1 aromatic rings. The molecule has 1 aromatic carbocycles. The number of carbonyl (C=O) groups excluding carboxylic acids is 2. The van der Waals surface area contributed by atoms with Crippen LogP contribution < -0.4 is 4.74 Å². The number of carbonyl (C=O) groups is 2. The molecule has 1 unspecified atom stereocenters. The SMILES string of the molecule is COc1ccc(C(=O)[C@@H]2CC[C@H](CO)C2C(=O)OCC[Si](C)(C)C)cc1. The molecule has 5 nitrogen and oxygen atoms in total. The van der Waals surface area contributed by atoms with E-state index in [-0.39, 0.29) is 24.3 Å². The quantitative estimate of drug-likeness (QED) is 0.426. The van der Waals surface area contributed by atoms with Gasteiger partial charge in [0, 0.05) is 26.2 Å². The number of esters is 1. The van der Waals surface area contributed by atoms with Crippen molar-refractivity contribution in [2.24, 2.45) is 17.8 Å². The maximum absolute atomic E-state index is 12.9. The third kappa shape index (κ3) is 5.17. The predicted octanol–water partition coefficient (Wildman–Crippen LogP) is 3.39. The second kappa shape index (κ2) is 8.82. The van der Waals surface area contributed by atoms with E-state index in [2.05, 4.69) is 19.6 Å². The van der Waals surface area contributed by atoms with Crippen LogP contribution in [0.3, 0.4) is 0 Å². The summed E-state index contributed by atoms with van der Waals surface area (Å²) >= 11 is 0. The van der Waals surface area contributed by atoms with Crippen LogP contribution in [0.1, 0.15) is 23.2 Å². The van der Waals surface area contributed by atoms with Gasteiger partial charge in [0.15, 0.2) is 5.78 Å². The first kappa shape index (κ1) is 20.6. The summed E-state index contributed by atoms with van der Waals surface area (Å²) in [5.41, 5.74) is 0.564. The molecule has 1 aliphatic rings. The van der Waals surface area contributed by atoms with E-state index >= 15 is 0 Å². The summed E-state index contributed by atoms with van der Waals surface area (Å²) in [5, 5.41) is 9.65. The predicted molar refractivity (Wildman–Crippen MR) is 103 cm³/mol. The Balaban J connectivity index is 2.10. The van der Waals surface area contributed by atoms with Gasteiger partial charge in [-0.25, -0.2) is 0 Å². The zero-order valence-electron chi connectivity index (χ0n) is 16.2. The van der Waals surface area contributed by atoms with Gasteiger partial charge in [0.1, 0.15) is 5.75 Å². The molecule has 1 saturated carbocycles. The third-order valence-corrected chi connectivity index (χ3v) is 6.81. The lowest BCUT2D eigenvalue weighted by molar-refractivity contribution is -0.150. The van der Waals surface area contributed by atoms with Crippen molar-refractivity contribution in [2.75, 3.05) is 20.3 Å². The Morgan fingerprint density at radius 1 is 1.15 bits per heavy atom. The number of hydrogen-bond donors (Lipinski definition) is 1. The Kier molecular flexibility index (Phi) is 7.00. The first-order valence-corrected chi connectivity index (χ1v) is 12.9. The number of benzene rings is 1. The molecule has 0 aromatic heterocycles. The standard InChI is InChI=1S/C20H30O5Si/c1-24-16-8-5-14(6-9-16)19(22)17-10-7-15(13-21)18(17)20(23)25-11-12-26(2,3)4/h5-6,8-9,15,17-18,21H,7,10-13H2,1-4H3/t15-,17-,18?/m1/s1. The summed E-state index contributed by atoms with van der Waals surface area (Å²) in [7, 11) is 0.281. The first-order chi connectivity index (χ1) is 12.3. The molecule has 2 rings (SSSR count). The van der Waals surface area contributed by atoms with Crippen LogP contribution in [0, 0.1) is 17.8 Å². The highest BCUT2D eigenvalue weighted by Gasteiger charge is 2.45. The molecule has 3 atom stereocenters. The highest BCUT2D eigenvalue weighted by atomic mass is 28.3. The summed E-state index contributed by atoms with van der Waals surface area (Å²) < 4.78 is 10.6. The van der Waals surface area contributed by atoms with Gasteiger partial charge < -0.3 is 14.6 Å². The minimum Gasteiger partial charge on any atom is -0.497 e. The van der Waals surface area contributed by atoms with Crippen LogP contribution in [0.4, 0.5) is 0 Å². The number of ether oxygens (including phenoxy) is 2. The maximum atomic E-state index is 12.9. The number of aliphatic hydroxyl groups is 1. The van der Waals surface area contributed by atoms with E-state index in [4.69, 9.17) is 9.47 Å². The van der Waals surface area contributed by atoms with Gasteiger partial charge in [0.05, 0.1) is 19.6 Å². The van der Waals surface area contributed by atoms with Crippen LogP contribution in [-0.2, 0) is 9.53 Å². The Morgan fingerprint density at radius 2 is 1.81 bits per heavy atom. The van der Waals surface area contributed by atoms with Gasteiger partial charge in [-0.2, -0.15) is 0 Å². The fraction of sp³-hybridized carbons (Fsp3) is 0.600. The van der Waals surface area contributed by atoms with Crippen LogP contribution in [0.15, 0.2) is 24.3 Å². The van der Waals surface area contributed by atoms with Crippen molar-refractivity contribution in [1.29, 1.82) is 0 Å². The average molecular weight is 379 g/mol. The zero-order chi connectivity index (χ0) is 19.3. The fourth-order valence-corrected chi connectivity index (χ4v) is 4.17. The fourth-order valence-electron chi connectivity index (χ4n) is 3.46. The van der Waals surface area contributed by atoms with E-state index in [0.717, 1.165) is 6.04 Å². The molecule has 1 N–H and O–H groups in total. The van der Waals surface area contributed by atoms with Crippen molar-refractivity contribution in [1.82, 2.24) is 0 Å². The minimum absolute atomic E-state index is 0.0595. The molecule has 0 spiro atoms. The van der Waals surface area contributed by atoms with Crippen molar-refractivity contribution in [3.05, 3.63) is 29.8 Å². The van der Waals surface area contributed by atoms with Gasteiger partial charge in [-0.15, -0.1) is 0 Å². The molecule has 6 heteroatoms. The molecular weight excluding hydrogens is 348 g/mol. The summed E-state index contributed by atoms with van der Waals surface area (Å²) in [6.07, 6.45) is 1.26. The number of methoxy groups -OCH3 is 1. The Labute approximate surface area is 156 Å². The van der Waals surface area contributed by atoms with Gasteiger partial charge >= 0.3 is 5.97 Å². The lowest BCUT2D eigenvalue weighted by atomic mass is 9.84. The molecule has 0 amide bonds. The Morgan fingerprint density at radius 3 is 2.35 bits per heavy atom. The monoisotopic (exact) mass is 378 g/mol. The molecular formula is C20H30O5Si. The minimum atomic E-state index is -1.29. The summed E-state index contributed by atoms with van der Waals surface area (Å²) in [5.74, 6) is -0.913. The molecule has 0 radical (unpaired) electrons. The number of rotatable bonds is 8. The molecule has 1 fully saturated rings. The molecule has 0 bridgehead atoms. The van der Waals surface area contributed by atoms with Gasteiger partial charge in [0.25, 0.3) is 0 Å². The number of hydrogen-bond acceptors (Lipinski definition) is 5. The summed E-state index contributed by atoms with van der Waals surface area (Å²) in [6, 6.07) is 7.83. The van der Waals surface area contributed by atoms with Crippen molar-refractivity contribution < 1.29 is 24.2 Å². The van der Waals surface area contributed by atoms with Gasteiger partial charge in [-0.1, -0.05) is 19.6 Å². The van der Waals surface area contributed by atoms with E-state index in [1.165, 1.54) is 0 Å². The van der Waals surface area contributed by atoms with Crippen molar-refractivity contribution in [3.8, 4) is 5.75 Å². The lowest BCUT2D eigenvalue weighted by Crippen LogP contribution is -2.33. The first-order valence-electron chi connectivity index (χ1n) is 9.22. The van der Waals surface area contributed by atoms with Crippen molar-refractivity contribution in [3.63, 3.8) is 0 Å². The van der Waals surface area contributed by atoms with Crippen molar-refractivity contribution >= 4 is 19.8 Å². The number of Topliss-reactive ketones (excluding diaryl/α,β-unsaturated/α-hetero) is 1. The number of aliphatic hydroxyl groups excluding tert-OH is 1. The lowest BCUT2D eigenvalue weighted by Gasteiger charge is -2.23. The Hall–Kier alpha value is -1.66. The van der Waals surface area contributed by atoms with Gasteiger partial charge in [-0.3, -0.25) is 9.59 Å². The smallest absolute Gasteiger partial charge is 0.310 e. The highest BCUT2D eigenvalue weighted by Crippen LogP contribution is 2.40. The maximum Gasteiger partial charge on any atom is 0.310 e. The van der Waals surface area contributed by atoms with E-state index in [1.807, 2.05) is 0 Å². The highest BCUT2D eigenvalue weighted by molar-refractivity contribution is 6.76. The third-order valence-electron chi connectivity index (χ3n) is 5.10. The van der Waals surface area contributed by atoms with Gasteiger partial charge in [-0.05, 0) is 49.1 Å². The van der Waals surface area contributed by atoms with Crippen LogP contribution in [-0.4, -0.2) is 45.3 Å². The normalized spacial score (nSPS) is 22.9. The molecule has 0 aliphatic heterocycles. The second-order valence-corrected chi connectivity index (χ2v) is 13.8. The van der Waals surface area contributed by atoms with Crippen LogP contribution in [0.5, 0.6) is 5.75 Å². The van der Waals surface area contributed by atoms with E-state index in [0.29, 0.717) is 30.8 Å². The largest absolute Gasteiger partial charge is 0.497 e. The Bertz CT molecular complexity index is 620. The van der Waals surface area contributed by atoms with Crippen LogP contribution in [0.2, 0.25) is 25.7 Å². The molecule has 0 saturated heterocycles.